The lowest BCUT2D eigenvalue weighted by Crippen LogP contribution is -2.45. The van der Waals surface area contributed by atoms with Gasteiger partial charge in [-0.1, -0.05) is 19.1 Å². The van der Waals surface area contributed by atoms with Crippen LogP contribution in [0.3, 0.4) is 0 Å². The third-order valence-corrected chi connectivity index (χ3v) is 3.87. The van der Waals surface area contributed by atoms with E-state index in [1.807, 2.05) is 6.07 Å². The van der Waals surface area contributed by atoms with Crippen molar-refractivity contribution in [3.63, 3.8) is 0 Å². The Bertz CT molecular complexity index is 500. The molecule has 2 rings (SSSR count). The minimum absolute atomic E-state index is 0.177. The van der Waals surface area contributed by atoms with Crippen LogP contribution in [0.4, 0.5) is 8.78 Å². The van der Waals surface area contributed by atoms with Crippen LogP contribution in [0.1, 0.15) is 25.3 Å². The molecule has 0 saturated carbocycles. The largest absolute Gasteiger partial charge is 0.435 e. The fourth-order valence-corrected chi connectivity index (χ4v) is 2.57. The number of nitrogens with zero attached hydrogens (tertiary/aromatic N) is 2. The summed E-state index contributed by atoms with van der Waals surface area (Å²) in [5.41, 5.74) is 0.879. The predicted octanol–water partition coefficient (Wildman–Crippen LogP) is 3.10. The van der Waals surface area contributed by atoms with E-state index in [4.69, 9.17) is 0 Å². The summed E-state index contributed by atoms with van der Waals surface area (Å²) in [6, 6.07) is 6.72. The number of nitrogens with one attached hydrogen (secondary N) is 1. The molecule has 6 heteroatoms. The summed E-state index contributed by atoms with van der Waals surface area (Å²) >= 11 is 0. The summed E-state index contributed by atoms with van der Waals surface area (Å²) in [5, 5.41) is 3.28. The summed E-state index contributed by atoms with van der Waals surface area (Å²) < 4.78 is 28.9. The van der Waals surface area contributed by atoms with Gasteiger partial charge in [-0.25, -0.2) is 0 Å². The van der Waals surface area contributed by atoms with Crippen LogP contribution in [0.25, 0.3) is 0 Å². The Kier molecular flexibility index (Phi) is 5.98. The minimum Gasteiger partial charge on any atom is -0.435 e. The normalized spacial score (nSPS) is 17.0. The topological polar surface area (TPSA) is 36.9 Å². The fraction of sp³-hybridized carbons (Fsp3) is 0.562. The number of ether oxygens (including phenoxy) is 1. The molecule has 0 aromatic heterocycles. The molecular formula is C16H23F2N3O. The molecule has 122 valence electrons. The second kappa shape index (κ2) is 7.96. The van der Waals surface area contributed by atoms with Crippen molar-refractivity contribution in [2.75, 3.05) is 20.1 Å². The molecule has 1 heterocycles. The Labute approximate surface area is 130 Å². The van der Waals surface area contributed by atoms with Gasteiger partial charge in [-0.05, 0) is 36.5 Å². The molecule has 0 spiro atoms. The highest BCUT2D eigenvalue weighted by Gasteiger charge is 2.18. The average Bonchev–Trinajstić information content (AvgIpc) is 2.49. The van der Waals surface area contributed by atoms with Gasteiger partial charge in [0.05, 0.1) is 0 Å². The van der Waals surface area contributed by atoms with E-state index in [2.05, 4.69) is 26.9 Å². The summed E-state index contributed by atoms with van der Waals surface area (Å²) in [7, 11) is 1.76. The highest BCUT2D eigenvalue weighted by Crippen LogP contribution is 2.17. The van der Waals surface area contributed by atoms with Gasteiger partial charge < -0.3 is 15.0 Å². The summed E-state index contributed by atoms with van der Waals surface area (Å²) in [6.45, 7) is 1.98. The second-order valence-electron chi connectivity index (χ2n) is 5.60. The molecule has 0 unspecified atom stereocenters. The van der Waals surface area contributed by atoms with Crippen molar-refractivity contribution in [3.05, 3.63) is 29.8 Å². The first kappa shape index (κ1) is 16.5. The molecule has 1 fully saturated rings. The van der Waals surface area contributed by atoms with Crippen LogP contribution in [-0.2, 0) is 6.54 Å². The average molecular weight is 311 g/mol. The lowest BCUT2D eigenvalue weighted by molar-refractivity contribution is -0.0498. The number of hydrogen-bond acceptors (Lipinski definition) is 2. The molecule has 0 aliphatic carbocycles. The van der Waals surface area contributed by atoms with Gasteiger partial charge in [0, 0.05) is 26.7 Å². The Morgan fingerprint density at radius 2 is 2.14 bits per heavy atom. The van der Waals surface area contributed by atoms with Gasteiger partial charge in [-0.15, -0.1) is 0 Å². The summed E-state index contributed by atoms with van der Waals surface area (Å²) in [6.07, 6.45) is 2.33. The highest BCUT2D eigenvalue weighted by molar-refractivity contribution is 5.79. The molecule has 0 radical (unpaired) electrons. The van der Waals surface area contributed by atoms with Crippen LogP contribution in [-0.4, -0.2) is 37.6 Å². The molecule has 0 bridgehead atoms. The van der Waals surface area contributed by atoms with Gasteiger partial charge in [0.25, 0.3) is 0 Å². The first-order valence-corrected chi connectivity index (χ1v) is 7.58. The molecule has 1 saturated heterocycles. The molecule has 0 atom stereocenters. The first-order chi connectivity index (χ1) is 10.6. The Balaban J connectivity index is 1.90. The van der Waals surface area contributed by atoms with Crippen LogP contribution in [0.2, 0.25) is 0 Å². The predicted molar refractivity (Wildman–Crippen MR) is 83.2 cm³/mol. The number of piperidine rings is 1. The van der Waals surface area contributed by atoms with E-state index in [-0.39, 0.29) is 5.75 Å². The van der Waals surface area contributed by atoms with Crippen molar-refractivity contribution in [1.82, 2.24) is 10.2 Å². The van der Waals surface area contributed by atoms with Crippen molar-refractivity contribution in [2.24, 2.45) is 10.9 Å². The number of hydrogen-bond donors (Lipinski definition) is 1. The number of guanidine groups is 1. The molecule has 1 aliphatic rings. The Hall–Kier alpha value is -1.85. The van der Waals surface area contributed by atoms with Gasteiger partial charge in [-0.3, -0.25) is 4.99 Å². The van der Waals surface area contributed by atoms with Gasteiger partial charge in [0.2, 0.25) is 0 Å². The fourth-order valence-electron chi connectivity index (χ4n) is 2.57. The van der Waals surface area contributed by atoms with Crippen LogP contribution in [0.15, 0.2) is 29.3 Å². The van der Waals surface area contributed by atoms with Crippen LogP contribution >= 0.6 is 0 Å². The van der Waals surface area contributed by atoms with Crippen molar-refractivity contribution in [3.8, 4) is 5.75 Å². The Morgan fingerprint density at radius 1 is 1.41 bits per heavy atom. The van der Waals surface area contributed by atoms with Crippen molar-refractivity contribution >= 4 is 5.96 Å². The summed E-state index contributed by atoms with van der Waals surface area (Å²) in [5.74, 6) is 1.79. The van der Waals surface area contributed by atoms with Crippen LogP contribution < -0.4 is 10.1 Å². The second-order valence-corrected chi connectivity index (χ2v) is 5.60. The SMILES string of the molecule is CN=C(NCc1cccc(OC(F)F)c1)N1CCC(C)CC1. The van der Waals surface area contributed by atoms with Crippen molar-refractivity contribution < 1.29 is 13.5 Å². The zero-order valence-corrected chi connectivity index (χ0v) is 13.1. The van der Waals surface area contributed by atoms with Gasteiger partial charge in [-0.2, -0.15) is 8.78 Å². The third-order valence-electron chi connectivity index (χ3n) is 3.87. The van der Waals surface area contributed by atoms with E-state index in [0.717, 1.165) is 30.5 Å². The standard InChI is InChI=1S/C16H23F2N3O/c1-12-6-8-21(9-7-12)16(19-2)20-11-13-4-3-5-14(10-13)22-15(17)18/h3-5,10,12,15H,6-9,11H2,1-2H3,(H,19,20). The van der Waals surface area contributed by atoms with Gasteiger partial charge in [0.1, 0.15) is 5.75 Å². The van der Waals surface area contributed by atoms with Crippen molar-refractivity contribution in [1.29, 1.82) is 0 Å². The number of aliphatic imine (C=N–C) groups is 1. The molecular weight excluding hydrogens is 288 g/mol. The minimum atomic E-state index is -2.80. The zero-order valence-electron chi connectivity index (χ0n) is 13.1. The monoisotopic (exact) mass is 311 g/mol. The van der Waals surface area contributed by atoms with Crippen LogP contribution in [0.5, 0.6) is 5.75 Å². The number of alkyl halides is 2. The molecule has 1 aromatic carbocycles. The molecule has 1 aromatic rings. The van der Waals surface area contributed by atoms with E-state index >= 15 is 0 Å². The van der Waals surface area contributed by atoms with Gasteiger partial charge >= 0.3 is 6.61 Å². The van der Waals surface area contributed by atoms with E-state index in [0.29, 0.717) is 6.54 Å². The smallest absolute Gasteiger partial charge is 0.387 e. The number of likely N-dealkylation sites (tertiary alicyclic amines) is 1. The first-order valence-electron chi connectivity index (χ1n) is 7.58. The quantitative estimate of drug-likeness (QED) is 0.686. The van der Waals surface area contributed by atoms with Crippen molar-refractivity contribution in [2.45, 2.75) is 32.9 Å². The highest BCUT2D eigenvalue weighted by atomic mass is 19.3. The maximum atomic E-state index is 12.2. The van der Waals surface area contributed by atoms with E-state index in [1.165, 1.54) is 18.9 Å². The maximum absolute atomic E-state index is 12.2. The molecule has 0 amide bonds. The molecule has 1 aliphatic heterocycles. The van der Waals surface area contributed by atoms with E-state index < -0.39 is 6.61 Å². The lowest BCUT2D eigenvalue weighted by Gasteiger charge is -2.32. The number of benzene rings is 1. The molecule has 22 heavy (non-hydrogen) atoms. The molecule has 1 N–H and O–H groups in total. The molecule has 4 nitrogen and oxygen atoms in total. The van der Waals surface area contributed by atoms with Crippen LogP contribution in [0, 0.1) is 5.92 Å². The van der Waals surface area contributed by atoms with E-state index in [9.17, 15) is 8.78 Å². The number of halogens is 2. The number of rotatable bonds is 4. The Morgan fingerprint density at radius 3 is 2.77 bits per heavy atom. The van der Waals surface area contributed by atoms with E-state index in [1.54, 1.807) is 19.2 Å². The van der Waals surface area contributed by atoms with Gasteiger partial charge in [0.15, 0.2) is 5.96 Å². The third kappa shape index (κ3) is 4.86. The maximum Gasteiger partial charge on any atom is 0.387 e. The summed E-state index contributed by atoms with van der Waals surface area (Å²) in [4.78, 5) is 6.54. The zero-order chi connectivity index (χ0) is 15.9. The lowest BCUT2D eigenvalue weighted by atomic mass is 10.00.